The van der Waals surface area contributed by atoms with Crippen molar-refractivity contribution in [3.63, 3.8) is 0 Å². The van der Waals surface area contributed by atoms with Gasteiger partial charge in [-0.25, -0.2) is 4.79 Å². The summed E-state index contributed by atoms with van der Waals surface area (Å²) < 4.78 is 11.9. The Morgan fingerprint density at radius 3 is 2.67 bits per heavy atom. The molecule has 2 aromatic carbocycles. The number of halogens is 1. The van der Waals surface area contributed by atoms with Crippen LogP contribution in [0.3, 0.4) is 0 Å². The van der Waals surface area contributed by atoms with Gasteiger partial charge in [-0.3, -0.25) is 4.79 Å². The number of methoxy groups -OCH3 is 1. The summed E-state index contributed by atoms with van der Waals surface area (Å²) >= 11 is 7.39. The number of amides is 1. The Balaban J connectivity index is 1.48. The molecule has 172 valence electrons. The van der Waals surface area contributed by atoms with Crippen LogP contribution in [0, 0.1) is 6.92 Å². The molecule has 1 amide bonds. The number of ether oxygens (including phenoxy) is 2. The van der Waals surface area contributed by atoms with E-state index in [1.807, 2.05) is 25.1 Å². The number of aliphatic carboxylic acids is 1. The largest absolute Gasteiger partial charge is 0.493 e. The molecule has 4 rings (SSSR count). The van der Waals surface area contributed by atoms with Gasteiger partial charge in [-0.2, -0.15) is 0 Å². The first kappa shape index (κ1) is 23.1. The third kappa shape index (κ3) is 4.99. The third-order valence-electron chi connectivity index (χ3n) is 5.74. The summed E-state index contributed by atoms with van der Waals surface area (Å²) in [5, 5.41) is 12.7. The summed E-state index contributed by atoms with van der Waals surface area (Å²) in [4.78, 5) is 26.0. The van der Waals surface area contributed by atoms with Gasteiger partial charge in [0.25, 0.3) is 5.91 Å². The first-order valence-electron chi connectivity index (χ1n) is 10.5. The second kappa shape index (κ2) is 9.45. The highest BCUT2D eigenvalue weighted by atomic mass is 35.5. The van der Waals surface area contributed by atoms with Gasteiger partial charge < -0.3 is 19.9 Å². The molecule has 2 N–H and O–H groups in total. The Hall–Kier alpha value is -3.03. The quantitative estimate of drug-likeness (QED) is 0.483. The predicted molar refractivity (Wildman–Crippen MR) is 128 cm³/mol. The number of aryl methyl sites for hydroxylation is 1. The normalized spacial score (nSPS) is 16.8. The summed E-state index contributed by atoms with van der Waals surface area (Å²) in [6.45, 7) is 2.45. The molecule has 1 aromatic heterocycles. The van der Waals surface area contributed by atoms with Crippen LogP contribution >= 0.6 is 22.9 Å². The first-order chi connectivity index (χ1) is 15.8. The number of nitrogens with one attached hydrogen (secondary N) is 1. The van der Waals surface area contributed by atoms with Crippen LogP contribution < -0.4 is 14.8 Å². The van der Waals surface area contributed by atoms with E-state index in [1.165, 1.54) is 24.0 Å². The fraction of sp³-hybridized carbons (Fsp3) is 0.280. The average molecular weight is 486 g/mol. The number of fused-ring (bicyclic) bond motifs is 1. The van der Waals surface area contributed by atoms with Crippen LogP contribution in [0.4, 0.5) is 0 Å². The highest BCUT2D eigenvalue weighted by molar-refractivity contribution is 7.16. The lowest BCUT2D eigenvalue weighted by Gasteiger charge is -2.25. The highest BCUT2D eigenvalue weighted by Crippen LogP contribution is 2.39. The van der Waals surface area contributed by atoms with Crippen LogP contribution in [0.25, 0.3) is 0 Å². The Kier molecular flexibility index (Phi) is 6.63. The van der Waals surface area contributed by atoms with Crippen molar-refractivity contribution in [1.29, 1.82) is 0 Å². The zero-order chi connectivity index (χ0) is 23.6. The van der Waals surface area contributed by atoms with Gasteiger partial charge in [0.15, 0.2) is 11.5 Å². The maximum atomic E-state index is 13.0. The molecule has 0 radical (unpaired) electrons. The molecule has 0 fully saturated rings. The monoisotopic (exact) mass is 485 g/mol. The molecule has 0 bridgehead atoms. The fourth-order valence-corrected chi connectivity index (χ4v) is 5.48. The number of carboxylic acids is 1. The van der Waals surface area contributed by atoms with Crippen molar-refractivity contribution >= 4 is 34.8 Å². The Bertz CT molecular complexity index is 1180. The number of carbonyl (C=O) groups is 2. The minimum atomic E-state index is -1.39. The number of benzene rings is 2. The lowest BCUT2D eigenvalue weighted by atomic mass is 9.95. The van der Waals surface area contributed by atoms with E-state index in [2.05, 4.69) is 11.4 Å². The first-order valence-corrected chi connectivity index (χ1v) is 11.7. The minimum absolute atomic E-state index is 0.197. The summed E-state index contributed by atoms with van der Waals surface area (Å²) in [6.07, 6.45) is 1.10. The summed E-state index contributed by atoms with van der Waals surface area (Å²) in [5.41, 5.74) is 2.10. The van der Waals surface area contributed by atoms with Crippen LogP contribution in [0.1, 0.15) is 31.9 Å². The van der Waals surface area contributed by atoms with E-state index in [9.17, 15) is 14.7 Å². The molecule has 3 aromatic rings. The van der Waals surface area contributed by atoms with Gasteiger partial charge in [-0.15, -0.1) is 11.3 Å². The van der Waals surface area contributed by atoms with E-state index < -0.39 is 17.4 Å². The zero-order valence-corrected chi connectivity index (χ0v) is 19.9. The van der Waals surface area contributed by atoms with E-state index in [-0.39, 0.29) is 12.8 Å². The number of carbonyl (C=O) groups excluding carboxylic acids is 1. The smallest absolute Gasteiger partial charge is 0.330 e. The van der Waals surface area contributed by atoms with Gasteiger partial charge in [-0.1, -0.05) is 41.4 Å². The highest BCUT2D eigenvalue weighted by Gasteiger charge is 2.46. The van der Waals surface area contributed by atoms with E-state index in [0.717, 1.165) is 16.0 Å². The average Bonchev–Trinajstić information content (AvgIpc) is 3.28. The Morgan fingerprint density at radius 2 is 1.97 bits per heavy atom. The second-order valence-electron chi connectivity index (χ2n) is 8.15. The van der Waals surface area contributed by atoms with Crippen molar-refractivity contribution in [1.82, 2.24) is 5.32 Å². The summed E-state index contributed by atoms with van der Waals surface area (Å²) in [7, 11) is 1.53. The topological polar surface area (TPSA) is 84.9 Å². The molecule has 1 heterocycles. The molecule has 6 nitrogen and oxygen atoms in total. The van der Waals surface area contributed by atoms with Gasteiger partial charge >= 0.3 is 5.97 Å². The molecule has 1 atom stereocenters. The second-order valence-corrected chi connectivity index (χ2v) is 9.92. The van der Waals surface area contributed by atoms with Crippen molar-refractivity contribution < 1.29 is 24.2 Å². The molecule has 33 heavy (non-hydrogen) atoms. The Labute approximate surface area is 201 Å². The molecule has 1 unspecified atom stereocenters. The van der Waals surface area contributed by atoms with Crippen molar-refractivity contribution in [2.24, 2.45) is 0 Å². The van der Waals surface area contributed by atoms with Gasteiger partial charge in [0.2, 0.25) is 0 Å². The number of carboxylic acid groups (broad SMARTS) is 1. The Morgan fingerprint density at radius 1 is 1.15 bits per heavy atom. The van der Waals surface area contributed by atoms with Crippen LogP contribution in [0.5, 0.6) is 11.5 Å². The minimum Gasteiger partial charge on any atom is -0.493 e. The molecular weight excluding hydrogens is 462 g/mol. The van der Waals surface area contributed by atoms with Crippen molar-refractivity contribution in [3.8, 4) is 11.5 Å². The van der Waals surface area contributed by atoms with Crippen molar-refractivity contribution in [2.45, 2.75) is 31.7 Å². The van der Waals surface area contributed by atoms with Crippen LogP contribution in [0.2, 0.25) is 4.34 Å². The van der Waals surface area contributed by atoms with E-state index in [0.29, 0.717) is 34.4 Å². The summed E-state index contributed by atoms with van der Waals surface area (Å²) in [6, 6.07) is 14.8. The molecule has 1 aliphatic carbocycles. The third-order valence-corrected chi connectivity index (χ3v) is 7.05. The van der Waals surface area contributed by atoms with E-state index in [1.54, 1.807) is 24.3 Å². The van der Waals surface area contributed by atoms with Gasteiger partial charge in [0, 0.05) is 29.7 Å². The molecule has 8 heteroatoms. The van der Waals surface area contributed by atoms with E-state index >= 15 is 0 Å². The maximum absolute atomic E-state index is 13.0. The van der Waals surface area contributed by atoms with Gasteiger partial charge in [0.05, 0.1) is 18.1 Å². The molecular formula is C25H24ClNO5S. The van der Waals surface area contributed by atoms with Crippen LogP contribution in [-0.4, -0.2) is 36.2 Å². The lowest BCUT2D eigenvalue weighted by molar-refractivity contribution is -0.144. The maximum Gasteiger partial charge on any atom is 0.330 e. The van der Waals surface area contributed by atoms with Crippen LogP contribution in [-0.2, 0) is 24.1 Å². The molecule has 0 aliphatic heterocycles. The van der Waals surface area contributed by atoms with Gasteiger partial charge in [-0.05, 0) is 42.3 Å². The standard InChI is InChI=1S/C25H24ClNO5S/c1-15-4-3-5-16(10-15)8-9-32-20-11-17(6-7-19(20)31-2)23(28)27-25(24(29)30)13-18-12-22(26)33-21(18)14-25/h3-7,10-12H,8-9,13-14H2,1-2H3,(H,27,28)(H,29,30). The predicted octanol–water partition coefficient (Wildman–Crippen LogP) is 4.69. The van der Waals surface area contributed by atoms with Crippen molar-refractivity contribution in [2.75, 3.05) is 13.7 Å². The zero-order valence-electron chi connectivity index (χ0n) is 18.3. The molecule has 0 spiro atoms. The van der Waals surface area contributed by atoms with Gasteiger partial charge in [0.1, 0.15) is 5.54 Å². The number of rotatable bonds is 8. The number of hydrogen-bond acceptors (Lipinski definition) is 5. The molecule has 1 aliphatic rings. The lowest BCUT2D eigenvalue weighted by Crippen LogP contribution is -2.55. The van der Waals surface area contributed by atoms with Crippen LogP contribution in [0.15, 0.2) is 48.5 Å². The molecule has 0 saturated heterocycles. The SMILES string of the molecule is COc1ccc(C(=O)NC2(C(=O)O)Cc3cc(Cl)sc3C2)cc1OCCc1cccc(C)c1. The van der Waals surface area contributed by atoms with Crippen molar-refractivity contribution in [3.05, 3.63) is 80.0 Å². The summed E-state index contributed by atoms with van der Waals surface area (Å²) in [5.74, 6) is -0.621. The number of thiophene rings is 1. The van der Waals surface area contributed by atoms with E-state index in [4.69, 9.17) is 21.1 Å². The number of hydrogen-bond donors (Lipinski definition) is 2. The fourth-order valence-electron chi connectivity index (χ4n) is 4.05. The molecule has 0 saturated carbocycles.